The monoisotopic (exact) mass is 507 g/mol. The van der Waals surface area contributed by atoms with Crippen molar-refractivity contribution in [3.05, 3.63) is 23.8 Å². The van der Waals surface area contributed by atoms with Gasteiger partial charge in [-0.3, -0.25) is 9.79 Å². The average Bonchev–Trinajstić information content (AvgIpc) is 3.37. The van der Waals surface area contributed by atoms with Gasteiger partial charge < -0.3 is 41.0 Å². The highest BCUT2D eigenvalue weighted by Gasteiger charge is 2.22. The lowest BCUT2D eigenvalue weighted by atomic mass is 10.1. The fourth-order valence-electron chi connectivity index (χ4n) is 3.37. The highest BCUT2D eigenvalue weighted by Crippen LogP contribution is 2.23. The molecule has 1 atom stereocenters. The molecule has 12 heteroatoms. The minimum atomic E-state index is -1.39. The standard InChI is InChI=1S/C24H37N5O7/c1-2-3-4-5-6-7-13-36-24(34)29-19(22(32)33)16-28-21(31)18-9-8-17(15-20(18)30)35-14-12-27-23-25-10-11-26-23/h8-9,15,19,30H,2-7,10-14,16H2,1H3,(H,28,31)(H,29,34)(H,32,33)(H2,25,26,27)/t19-/m0/s1. The van der Waals surface area contributed by atoms with Crippen molar-refractivity contribution in [1.82, 2.24) is 21.3 Å². The van der Waals surface area contributed by atoms with Crippen molar-refractivity contribution < 1.29 is 34.1 Å². The van der Waals surface area contributed by atoms with Gasteiger partial charge in [-0.05, 0) is 18.6 Å². The summed E-state index contributed by atoms with van der Waals surface area (Å²) in [6.07, 6.45) is 5.30. The van der Waals surface area contributed by atoms with Crippen LogP contribution >= 0.6 is 0 Å². The topological polar surface area (TPSA) is 171 Å². The molecule has 1 aromatic rings. The van der Waals surface area contributed by atoms with Gasteiger partial charge in [0, 0.05) is 19.2 Å². The lowest BCUT2D eigenvalue weighted by Gasteiger charge is -2.16. The number of amides is 2. The zero-order valence-electron chi connectivity index (χ0n) is 20.7. The van der Waals surface area contributed by atoms with E-state index in [9.17, 15) is 24.6 Å². The van der Waals surface area contributed by atoms with Gasteiger partial charge in [0.25, 0.3) is 5.91 Å². The van der Waals surface area contributed by atoms with Gasteiger partial charge in [-0.2, -0.15) is 0 Å². The molecule has 0 radical (unpaired) electrons. The van der Waals surface area contributed by atoms with Crippen molar-refractivity contribution in [3.8, 4) is 11.5 Å². The lowest BCUT2D eigenvalue weighted by Crippen LogP contribution is -2.48. The number of phenolic OH excluding ortho intramolecular Hbond substituents is 1. The van der Waals surface area contributed by atoms with Gasteiger partial charge in [0.05, 0.1) is 25.3 Å². The number of aliphatic carboxylic acids is 1. The first-order valence-corrected chi connectivity index (χ1v) is 12.3. The Morgan fingerprint density at radius 3 is 2.61 bits per heavy atom. The van der Waals surface area contributed by atoms with E-state index in [-0.39, 0.29) is 24.5 Å². The van der Waals surface area contributed by atoms with E-state index < -0.39 is 24.0 Å². The first kappa shape index (κ1) is 28.5. The second kappa shape index (κ2) is 16.1. The number of aliphatic imine (C=N–C) groups is 1. The second-order valence-corrected chi connectivity index (χ2v) is 8.26. The number of aromatic hydroxyl groups is 1. The van der Waals surface area contributed by atoms with Crippen molar-refractivity contribution in [2.75, 3.05) is 39.4 Å². The SMILES string of the molecule is CCCCCCCCOC(=O)N[C@@H](CNC(=O)c1ccc(OCCNC2=NCCN2)cc1O)C(=O)O. The molecule has 200 valence electrons. The maximum Gasteiger partial charge on any atom is 0.407 e. The summed E-state index contributed by atoms with van der Waals surface area (Å²) in [7, 11) is 0. The predicted molar refractivity (Wildman–Crippen MR) is 134 cm³/mol. The highest BCUT2D eigenvalue weighted by atomic mass is 16.5. The molecule has 36 heavy (non-hydrogen) atoms. The number of hydrogen-bond donors (Lipinski definition) is 6. The Bertz CT molecular complexity index is 894. The van der Waals surface area contributed by atoms with Crippen molar-refractivity contribution in [3.63, 3.8) is 0 Å². The van der Waals surface area contributed by atoms with E-state index in [1.54, 1.807) is 0 Å². The van der Waals surface area contributed by atoms with Gasteiger partial charge in [0.1, 0.15) is 24.1 Å². The van der Waals surface area contributed by atoms with Gasteiger partial charge in [0.2, 0.25) is 0 Å². The number of carboxylic acid groups (broad SMARTS) is 1. The molecule has 1 aliphatic heterocycles. The number of carbonyl (C=O) groups is 3. The van der Waals surface area contributed by atoms with Gasteiger partial charge in [0.15, 0.2) is 5.96 Å². The fourth-order valence-corrected chi connectivity index (χ4v) is 3.37. The van der Waals surface area contributed by atoms with E-state index in [1.807, 2.05) is 0 Å². The molecule has 6 N–H and O–H groups in total. The molecule has 0 aromatic heterocycles. The summed E-state index contributed by atoms with van der Waals surface area (Å²) in [5.41, 5.74) is -0.0558. The molecule has 2 amide bonds. The number of unbranched alkanes of at least 4 members (excludes halogenated alkanes) is 5. The lowest BCUT2D eigenvalue weighted by molar-refractivity contribution is -0.139. The third-order valence-corrected chi connectivity index (χ3v) is 5.34. The van der Waals surface area contributed by atoms with Crippen LogP contribution in [-0.2, 0) is 9.53 Å². The van der Waals surface area contributed by atoms with Gasteiger partial charge in [-0.15, -0.1) is 0 Å². The quantitative estimate of drug-likeness (QED) is 0.182. The third-order valence-electron chi connectivity index (χ3n) is 5.34. The molecule has 1 heterocycles. The van der Waals surface area contributed by atoms with Crippen LogP contribution in [0, 0.1) is 0 Å². The number of nitrogens with one attached hydrogen (secondary N) is 4. The molecular weight excluding hydrogens is 470 g/mol. The van der Waals surface area contributed by atoms with E-state index >= 15 is 0 Å². The van der Waals surface area contributed by atoms with E-state index in [0.717, 1.165) is 38.8 Å². The maximum absolute atomic E-state index is 12.4. The van der Waals surface area contributed by atoms with Crippen LogP contribution in [0.4, 0.5) is 4.79 Å². The van der Waals surface area contributed by atoms with E-state index in [4.69, 9.17) is 9.47 Å². The number of hydrogen-bond acceptors (Lipinski definition) is 9. The van der Waals surface area contributed by atoms with Crippen molar-refractivity contribution in [2.24, 2.45) is 4.99 Å². The van der Waals surface area contributed by atoms with Crippen LogP contribution in [0.15, 0.2) is 23.2 Å². The Morgan fingerprint density at radius 2 is 1.92 bits per heavy atom. The highest BCUT2D eigenvalue weighted by molar-refractivity contribution is 5.97. The van der Waals surface area contributed by atoms with Crippen molar-refractivity contribution in [2.45, 2.75) is 51.5 Å². The average molecular weight is 508 g/mol. The number of alkyl carbamates (subject to hydrolysis) is 1. The number of benzene rings is 1. The predicted octanol–water partition coefficient (Wildman–Crippen LogP) is 1.59. The zero-order chi connectivity index (χ0) is 26.2. The van der Waals surface area contributed by atoms with Gasteiger partial charge in [-0.1, -0.05) is 39.0 Å². The summed E-state index contributed by atoms with van der Waals surface area (Å²) in [6.45, 7) is 4.28. The summed E-state index contributed by atoms with van der Waals surface area (Å²) >= 11 is 0. The molecule has 0 bridgehead atoms. The summed E-state index contributed by atoms with van der Waals surface area (Å²) < 4.78 is 10.6. The Morgan fingerprint density at radius 1 is 1.14 bits per heavy atom. The largest absolute Gasteiger partial charge is 0.507 e. The number of carboxylic acids is 1. The third kappa shape index (κ3) is 10.7. The molecule has 0 unspecified atom stereocenters. The Balaban J connectivity index is 1.72. The number of rotatable bonds is 16. The first-order chi connectivity index (χ1) is 17.4. The Kier molecular flexibility index (Phi) is 12.7. The van der Waals surface area contributed by atoms with Crippen LogP contribution in [-0.4, -0.2) is 79.6 Å². The number of ether oxygens (including phenoxy) is 2. The summed E-state index contributed by atoms with van der Waals surface area (Å²) in [4.78, 5) is 40.0. The second-order valence-electron chi connectivity index (χ2n) is 8.26. The summed E-state index contributed by atoms with van der Waals surface area (Å²) in [5.74, 6) is -1.26. The fraction of sp³-hybridized carbons (Fsp3) is 0.583. The number of phenols is 1. The van der Waals surface area contributed by atoms with Crippen molar-refractivity contribution in [1.29, 1.82) is 0 Å². The first-order valence-electron chi connectivity index (χ1n) is 12.3. The number of carbonyl (C=O) groups excluding carboxylic acids is 2. The molecule has 0 saturated heterocycles. The van der Waals surface area contributed by atoms with Crippen LogP contribution in [0.5, 0.6) is 11.5 Å². The zero-order valence-corrected chi connectivity index (χ0v) is 20.7. The van der Waals surface area contributed by atoms with Crippen molar-refractivity contribution >= 4 is 23.9 Å². The van der Waals surface area contributed by atoms with E-state index in [2.05, 4.69) is 33.2 Å². The summed E-state index contributed by atoms with van der Waals surface area (Å²) in [6, 6.07) is 2.80. The van der Waals surface area contributed by atoms with Gasteiger partial charge >= 0.3 is 12.1 Å². The van der Waals surface area contributed by atoms with E-state index in [0.29, 0.717) is 31.3 Å². The van der Waals surface area contributed by atoms with E-state index in [1.165, 1.54) is 24.6 Å². The molecule has 12 nitrogen and oxygen atoms in total. The molecule has 0 aliphatic carbocycles. The minimum absolute atomic E-state index is 0.0558. The van der Waals surface area contributed by atoms with Crippen LogP contribution in [0.25, 0.3) is 0 Å². The molecule has 2 rings (SSSR count). The van der Waals surface area contributed by atoms with Crippen LogP contribution in [0.2, 0.25) is 0 Å². The molecule has 0 fully saturated rings. The normalized spacial score (nSPS) is 13.2. The molecule has 1 aromatic carbocycles. The van der Waals surface area contributed by atoms with Crippen LogP contribution < -0.4 is 26.0 Å². The minimum Gasteiger partial charge on any atom is -0.507 e. The molecule has 0 spiro atoms. The van der Waals surface area contributed by atoms with Crippen LogP contribution in [0.3, 0.4) is 0 Å². The molecule has 0 saturated carbocycles. The van der Waals surface area contributed by atoms with Crippen LogP contribution in [0.1, 0.15) is 55.8 Å². The number of nitrogens with zero attached hydrogens (tertiary/aromatic N) is 1. The Labute approximate surface area is 210 Å². The summed E-state index contributed by atoms with van der Waals surface area (Å²) in [5, 5.41) is 30.3. The molecular formula is C24H37N5O7. The maximum atomic E-state index is 12.4. The number of guanidine groups is 1. The molecule has 1 aliphatic rings. The smallest absolute Gasteiger partial charge is 0.407 e. The van der Waals surface area contributed by atoms with Gasteiger partial charge in [-0.25, -0.2) is 9.59 Å². The Hall–Kier alpha value is -3.70.